The Morgan fingerprint density at radius 1 is 0.962 bits per heavy atom. The maximum Gasteiger partial charge on any atom is 0.257 e. The zero-order valence-electron chi connectivity index (χ0n) is 14.9. The van der Waals surface area contributed by atoms with Crippen molar-refractivity contribution in [1.29, 1.82) is 0 Å². The van der Waals surface area contributed by atoms with Crippen molar-refractivity contribution < 1.29 is 4.74 Å². The number of nitrogens with one attached hydrogen (secondary N) is 1. The Balaban J connectivity index is 1.75. The molecule has 0 amide bonds. The fourth-order valence-corrected chi connectivity index (χ4v) is 2.89. The molecule has 1 N–H and O–H groups in total. The number of aryl methyl sites for hydroxylation is 2. The van der Waals surface area contributed by atoms with Crippen molar-refractivity contribution in [2.75, 3.05) is 36.5 Å². The molecule has 0 atom stereocenters. The van der Waals surface area contributed by atoms with Gasteiger partial charge in [0.05, 0.1) is 18.9 Å². The molecule has 0 saturated carbocycles. The lowest BCUT2D eigenvalue weighted by Crippen LogP contribution is -2.37. The Morgan fingerprint density at radius 2 is 1.69 bits per heavy atom. The minimum absolute atomic E-state index is 0.496. The highest BCUT2D eigenvalue weighted by Crippen LogP contribution is 2.19. The summed E-state index contributed by atoms with van der Waals surface area (Å²) in [5.41, 5.74) is 2.83. The SMILES string of the molecule is Cc1cc(C)n(-c2nc(Nc3ccccc3)nc(N3CCOCC3)n2)n1. The molecule has 4 rings (SSSR count). The van der Waals surface area contributed by atoms with Crippen LogP contribution in [-0.4, -0.2) is 51.0 Å². The standard InChI is InChI=1S/C18H21N7O/c1-13-12-14(2)25(23-13)18-21-16(19-15-6-4-3-5-7-15)20-17(22-18)24-8-10-26-11-9-24/h3-7,12H,8-11H2,1-2H3,(H,19,20,21,22). The van der Waals surface area contributed by atoms with Crippen LogP contribution in [0.15, 0.2) is 36.4 Å². The van der Waals surface area contributed by atoms with Gasteiger partial charge in [-0.1, -0.05) is 18.2 Å². The third-order valence-electron chi connectivity index (χ3n) is 4.13. The molecular weight excluding hydrogens is 330 g/mol. The highest BCUT2D eigenvalue weighted by molar-refractivity contribution is 5.54. The van der Waals surface area contributed by atoms with Gasteiger partial charge in [0.1, 0.15) is 0 Å². The molecule has 134 valence electrons. The van der Waals surface area contributed by atoms with E-state index in [1.54, 1.807) is 4.68 Å². The van der Waals surface area contributed by atoms with Gasteiger partial charge in [-0.05, 0) is 32.0 Å². The zero-order chi connectivity index (χ0) is 17.9. The molecule has 0 aliphatic carbocycles. The topological polar surface area (TPSA) is 81.0 Å². The molecule has 1 aliphatic heterocycles. The van der Waals surface area contributed by atoms with Gasteiger partial charge in [-0.25, -0.2) is 4.68 Å². The summed E-state index contributed by atoms with van der Waals surface area (Å²) in [4.78, 5) is 15.9. The largest absolute Gasteiger partial charge is 0.378 e. The second-order valence-electron chi connectivity index (χ2n) is 6.19. The number of nitrogens with zero attached hydrogens (tertiary/aromatic N) is 6. The van der Waals surface area contributed by atoms with Gasteiger partial charge >= 0.3 is 0 Å². The Hall–Kier alpha value is -3.00. The molecule has 1 aromatic carbocycles. The summed E-state index contributed by atoms with van der Waals surface area (Å²) in [7, 11) is 0. The third-order valence-corrected chi connectivity index (χ3v) is 4.13. The monoisotopic (exact) mass is 351 g/mol. The minimum atomic E-state index is 0.496. The first-order valence-electron chi connectivity index (χ1n) is 8.63. The van der Waals surface area contributed by atoms with Crippen molar-refractivity contribution >= 4 is 17.6 Å². The van der Waals surface area contributed by atoms with Gasteiger partial charge in [0.2, 0.25) is 11.9 Å². The number of hydrogen-bond acceptors (Lipinski definition) is 7. The van der Waals surface area contributed by atoms with Crippen LogP contribution >= 0.6 is 0 Å². The van der Waals surface area contributed by atoms with Gasteiger partial charge in [0, 0.05) is 24.5 Å². The van der Waals surface area contributed by atoms with Crippen molar-refractivity contribution in [2.45, 2.75) is 13.8 Å². The van der Waals surface area contributed by atoms with E-state index in [0.29, 0.717) is 31.1 Å². The van der Waals surface area contributed by atoms with E-state index in [0.717, 1.165) is 30.2 Å². The molecule has 1 aliphatic rings. The summed E-state index contributed by atoms with van der Waals surface area (Å²) in [6.45, 7) is 6.79. The fraction of sp³-hybridized carbons (Fsp3) is 0.333. The summed E-state index contributed by atoms with van der Waals surface area (Å²) in [6.07, 6.45) is 0. The van der Waals surface area contributed by atoms with Crippen LogP contribution in [0.1, 0.15) is 11.4 Å². The fourth-order valence-electron chi connectivity index (χ4n) is 2.89. The Morgan fingerprint density at radius 3 is 2.38 bits per heavy atom. The summed E-state index contributed by atoms with van der Waals surface area (Å²) in [6, 6.07) is 11.9. The molecule has 2 aromatic heterocycles. The van der Waals surface area contributed by atoms with E-state index >= 15 is 0 Å². The second-order valence-corrected chi connectivity index (χ2v) is 6.19. The van der Waals surface area contributed by atoms with Gasteiger partial charge in [-0.2, -0.15) is 20.1 Å². The lowest BCUT2D eigenvalue weighted by Gasteiger charge is -2.27. The first-order chi connectivity index (χ1) is 12.7. The maximum absolute atomic E-state index is 5.44. The minimum Gasteiger partial charge on any atom is -0.378 e. The van der Waals surface area contributed by atoms with Gasteiger partial charge < -0.3 is 15.0 Å². The predicted octanol–water partition coefficient (Wildman–Crippen LogP) is 2.25. The van der Waals surface area contributed by atoms with Crippen LogP contribution in [0.5, 0.6) is 0 Å². The number of hydrogen-bond donors (Lipinski definition) is 1. The van der Waals surface area contributed by atoms with E-state index in [9.17, 15) is 0 Å². The molecule has 3 aromatic rings. The van der Waals surface area contributed by atoms with E-state index < -0.39 is 0 Å². The first kappa shape index (κ1) is 16.5. The number of para-hydroxylation sites is 1. The van der Waals surface area contributed by atoms with Gasteiger partial charge in [-0.15, -0.1) is 0 Å². The number of ether oxygens (including phenoxy) is 1. The highest BCUT2D eigenvalue weighted by Gasteiger charge is 2.18. The highest BCUT2D eigenvalue weighted by atomic mass is 16.5. The first-order valence-corrected chi connectivity index (χ1v) is 8.63. The van der Waals surface area contributed by atoms with E-state index in [1.165, 1.54) is 0 Å². The molecule has 0 radical (unpaired) electrons. The number of aromatic nitrogens is 5. The van der Waals surface area contributed by atoms with Gasteiger partial charge in [0.25, 0.3) is 5.95 Å². The third kappa shape index (κ3) is 3.50. The predicted molar refractivity (Wildman–Crippen MR) is 99.2 cm³/mol. The van der Waals surface area contributed by atoms with Gasteiger partial charge in [0.15, 0.2) is 0 Å². The van der Waals surface area contributed by atoms with Crippen molar-refractivity contribution in [3.63, 3.8) is 0 Å². The number of morpholine rings is 1. The average Bonchev–Trinajstić information content (AvgIpc) is 3.01. The van der Waals surface area contributed by atoms with Crippen LogP contribution in [0.25, 0.3) is 5.95 Å². The number of anilines is 3. The molecule has 3 heterocycles. The van der Waals surface area contributed by atoms with Crippen LogP contribution < -0.4 is 10.2 Å². The molecule has 1 fully saturated rings. The quantitative estimate of drug-likeness (QED) is 0.772. The van der Waals surface area contributed by atoms with Crippen LogP contribution in [0.2, 0.25) is 0 Å². The maximum atomic E-state index is 5.44. The smallest absolute Gasteiger partial charge is 0.257 e. The Kier molecular flexibility index (Phi) is 4.49. The molecular formula is C18H21N7O. The summed E-state index contributed by atoms with van der Waals surface area (Å²) < 4.78 is 7.19. The zero-order valence-corrected chi connectivity index (χ0v) is 14.9. The number of benzene rings is 1. The van der Waals surface area contributed by atoms with Crippen LogP contribution in [0.4, 0.5) is 17.6 Å². The van der Waals surface area contributed by atoms with Gasteiger partial charge in [-0.3, -0.25) is 0 Å². The molecule has 0 spiro atoms. The average molecular weight is 351 g/mol. The van der Waals surface area contributed by atoms with E-state index in [2.05, 4.69) is 30.3 Å². The second kappa shape index (κ2) is 7.09. The van der Waals surface area contributed by atoms with Crippen LogP contribution in [0.3, 0.4) is 0 Å². The lowest BCUT2D eigenvalue weighted by atomic mass is 10.3. The molecule has 8 nitrogen and oxygen atoms in total. The van der Waals surface area contributed by atoms with Crippen molar-refractivity contribution in [3.8, 4) is 5.95 Å². The molecule has 1 saturated heterocycles. The Bertz CT molecular complexity index is 888. The Labute approximate surface area is 151 Å². The summed E-state index contributed by atoms with van der Waals surface area (Å²) in [5, 5.41) is 7.77. The molecule has 0 bridgehead atoms. The van der Waals surface area contributed by atoms with E-state index in [1.807, 2.05) is 50.2 Å². The van der Waals surface area contributed by atoms with Crippen LogP contribution in [0, 0.1) is 13.8 Å². The lowest BCUT2D eigenvalue weighted by molar-refractivity contribution is 0.122. The normalized spacial score (nSPS) is 14.5. The van der Waals surface area contributed by atoms with Crippen molar-refractivity contribution in [3.05, 3.63) is 47.8 Å². The van der Waals surface area contributed by atoms with Crippen molar-refractivity contribution in [2.24, 2.45) is 0 Å². The summed E-state index contributed by atoms with van der Waals surface area (Å²) >= 11 is 0. The van der Waals surface area contributed by atoms with E-state index in [-0.39, 0.29) is 0 Å². The van der Waals surface area contributed by atoms with Crippen molar-refractivity contribution in [1.82, 2.24) is 24.7 Å². The molecule has 0 unspecified atom stereocenters. The number of rotatable bonds is 4. The van der Waals surface area contributed by atoms with Crippen LogP contribution in [-0.2, 0) is 4.74 Å². The van der Waals surface area contributed by atoms with E-state index in [4.69, 9.17) is 4.74 Å². The molecule has 26 heavy (non-hydrogen) atoms. The molecule has 8 heteroatoms. The summed E-state index contributed by atoms with van der Waals surface area (Å²) in [5.74, 6) is 1.63.